The van der Waals surface area contributed by atoms with Gasteiger partial charge in [-0.25, -0.2) is 17.8 Å². The third-order valence-electron chi connectivity index (χ3n) is 7.01. The molecule has 0 spiro atoms. The van der Waals surface area contributed by atoms with Crippen LogP contribution in [-0.2, 0) is 9.84 Å². The molecular formula is C23H30FN9O2S. The summed E-state index contributed by atoms with van der Waals surface area (Å²) in [6, 6.07) is 5.89. The van der Waals surface area contributed by atoms with Crippen LogP contribution in [-0.4, -0.2) is 73.9 Å². The number of aryl methyl sites for hydroxylation is 1. The molecule has 5 rings (SSSR count). The molecule has 2 atom stereocenters. The number of tetrazole rings is 1. The summed E-state index contributed by atoms with van der Waals surface area (Å²) in [5.74, 6) is -0.137. The Balaban J connectivity index is 1.37. The molecule has 4 heterocycles. The second-order valence-electron chi connectivity index (χ2n) is 10.2. The zero-order chi connectivity index (χ0) is 25.7. The summed E-state index contributed by atoms with van der Waals surface area (Å²) in [5.41, 5.74) is 1.86. The molecule has 2 N–H and O–H groups in total. The van der Waals surface area contributed by atoms with Crippen LogP contribution < -0.4 is 10.6 Å². The Hall–Kier alpha value is -3.19. The van der Waals surface area contributed by atoms with Crippen molar-refractivity contribution in [1.29, 1.82) is 0 Å². The van der Waals surface area contributed by atoms with Gasteiger partial charge in [-0.05, 0) is 81.1 Å². The minimum absolute atomic E-state index is 0.0427. The summed E-state index contributed by atoms with van der Waals surface area (Å²) in [4.78, 5) is 11.1. The molecule has 0 aliphatic carbocycles. The number of aromatic nitrogens is 6. The number of anilines is 3. The molecule has 11 nitrogen and oxygen atoms in total. The van der Waals surface area contributed by atoms with Crippen molar-refractivity contribution in [2.45, 2.75) is 69.2 Å². The number of rotatable bonds is 6. The van der Waals surface area contributed by atoms with Gasteiger partial charge in [-0.3, -0.25) is 4.90 Å². The van der Waals surface area contributed by atoms with Crippen LogP contribution in [0.2, 0.25) is 0 Å². The van der Waals surface area contributed by atoms with Gasteiger partial charge >= 0.3 is 0 Å². The number of nitrogens with zero attached hydrogens (tertiary/aromatic N) is 7. The molecule has 0 bridgehead atoms. The molecule has 2 saturated heterocycles. The first-order valence-electron chi connectivity index (χ1n) is 11.9. The van der Waals surface area contributed by atoms with E-state index in [1.54, 1.807) is 18.2 Å². The second kappa shape index (κ2) is 9.04. The molecule has 1 aromatic carbocycles. The maximum absolute atomic E-state index is 14.7. The fraction of sp³-hybridized carbons (Fsp3) is 0.522. The average Bonchev–Trinajstić information content (AvgIpc) is 3.47. The van der Waals surface area contributed by atoms with E-state index in [0.717, 1.165) is 37.4 Å². The summed E-state index contributed by atoms with van der Waals surface area (Å²) >= 11 is 0. The van der Waals surface area contributed by atoms with Gasteiger partial charge in [-0.15, -0.1) is 0 Å². The lowest BCUT2D eigenvalue weighted by molar-refractivity contribution is 0.0500. The van der Waals surface area contributed by atoms with Crippen LogP contribution in [0, 0.1) is 12.7 Å². The molecular weight excluding hydrogens is 485 g/mol. The molecule has 3 aromatic rings. The summed E-state index contributed by atoms with van der Waals surface area (Å²) < 4.78 is 40.0. The molecule has 0 radical (unpaired) electrons. The van der Waals surface area contributed by atoms with Crippen molar-refractivity contribution >= 4 is 27.3 Å². The molecule has 2 aromatic heterocycles. The fourth-order valence-electron chi connectivity index (χ4n) is 5.45. The number of hydrogen-bond acceptors (Lipinski definition) is 10. The van der Waals surface area contributed by atoms with Gasteiger partial charge in [-0.1, -0.05) is 11.2 Å². The van der Waals surface area contributed by atoms with E-state index in [9.17, 15) is 12.8 Å². The smallest absolute Gasteiger partial charge is 0.272 e. The predicted octanol–water partition coefficient (Wildman–Crippen LogP) is 2.86. The minimum Gasteiger partial charge on any atom is -0.365 e. The van der Waals surface area contributed by atoms with Gasteiger partial charge in [0.15, 0.2) is 11.6 Å². The van der Waals surface area contributed by atoms with E-state index >= 15 is 0 Å². The molecule has 0 saturated carbocycles. The molecule has 36 heavy (non-hydrogen) atoms. The lowest BCUT2D eigenvalue weighted by Gasteiger charge is -2.47. The van der Waals surface area contributed by atoms with Crippen molar-refractivity contribution in [3.8, 4) is 5.69 Å². The van der Waals surface area contributed by atoms with Crippen molar-refractivity contribution in [3.05, 3.63) is 35.8 Å². The molecule has 13 heteroatoms. The molecule has 2 fully saturated rings. The number of nitrogens with one attached hydrogen (secondary N) is 2. The maximum Gasteiger partial charge on any atom is 0.272 e. The second-order valence-corrected chi connectivity index (χ2v) is 12.2. The predicted molar refractivity (Wildman–Crippen MR) is 133 cm³/mol. The van der Waals surface area contributed by atoms with Crippen LogP contribution >= 0.6 is 0 Å². The zero-order valence-electron chi connectivity index (χ0n) is 20.7. The van der Waals surface area contributed by atoms with Gasteiger partial charge in [0.25, 0.3) is 5.16 Å². The first-order chi connectivity index (χ1) is 17.0. The highest BCUT2D eigenvalue weighted by Crippen LogP contribution is 2.38. The molecule has 192 valence electrons. The van der Waals surface area contributed by atoms with E-state index in [1.807, 2.05) is 6.92 Å². The molecule has 2 aliphatic heterocycles. The van der Waals surface area contributed by atoms with E-state index in [2.05, 4.69) is 54.9 Å². The number of fused-ring (bicyclic) bond motifs is 1. The molecule has 0 unspecified atom stereocenters. The van der Waals surface area contributed by atoms with Gasteiger partial charge in [0, 0.05) is 29.6 Å². The monoisotopic (exact) mass is 515 g/mol. The highest BCUT2D eigenvalue weighted by Gasteiger charge is 2.43. The minimum atomic E-state index is -3.64. The van der Waals surface area contributed by atoms with E-state index in [1.165, 1.54) is 17.5 Å². The lowest BCUT2D eigenvalue weighted by atomic mass is 9.84. The summed E-state index contributed by atoms with van der Waals surface area (Å²) in [6.45, 7) is 7.43. The van der Waals surface area contributed by atoms with Crippen LogP contribution in [0.1, 0.15) is 45.1 Å². The topological polar surface area (TPSA) is 131 Å². The standard InChI is InChI=1S/C23H30FN9O2S/c1-14-7-8-15(11-19(14)33-22(29-30-31-33)36(4,34)35)27-21-25-13-18(24)20(28-21)26-16-10-17-6-5-9-32(17)23(2,3)12-16/h7-8,11,13,16-17H,5-6,9-10,12H2,1-4H3,(H2,25,26,27,28)/t16-,17+/m1/s1. The Labute approximate surface area is 209 Å². The van der Waals surface area contributed by atoms with E-state index in [4.69, 9.17) is 0 Å². The van der Waals surface area contributed by atoms with Crippen LogP contribution in [0.15, 0.2) is 29.6 Å². The van der Waals surface area contributed by atoms with Crippen LogP contribution in [0.3, 0.4) is 0 Å². The summed E-state index contributed by atoms with van der Waals surface area (Å²) in [7, 11) is -3.64. The molecule has 2 aliphatic rings. The third-order valence-corrected chi connectivity index (χ3v) is 7.93. The highest BCUT2D eigenvalue weighted by atomic mass is 32.2. The van der Waals surface area contributed by atoms with Crippen LogP contribution in [0.5, 0.6) is 0 Å². The maximum atomic E-state index is 14.7. The highest BCUT2D eigenvalue weighted by molar-refractivity contribution is 7.90. The van der Waals surface area contributed by atoms with Gasteiger partial charge in [-0.2, -0.15) is 9.67 Å². The molecule has 0 amide bonds. The third kappa shape index (κ3) is 4.76. The summed E-state index contributed by atoms with van der Waals surface area (Å²) in [5, 5.41) is 17.1. The number of hydrogen-bond donors (Lipinski definition) is 2. The Morgan fingerprint density at radius 3 is 2.83 bits per heavy atom. The quantitative estimate of drug-likeness (QED) is 0.505. The lowest BCUT2D eigenvalue weighted by Crippen LogP contribution is -2.55. The normalized spacial score (nSPS) is 21.8. The number of piperidine rings is 1. The van der Waals surface area contributed by atoms with Crippen molar-refractivity contribution in [2.24, 2.45) is 0 Å². The number of halogens is 1. The largest absolute Gasteiger partial charge is 0.365 e. The van der Waals surface area contributed by atoms with Crippen LogP contribution in [0.4, 0.5) is 21.8 Å². The van der Waals surface area contributed by atoms with Crippen molar-refractivity contribution in [3.63, 3.8) is 0 Å². The van der Waals surface area contributed by atoms with Crippen LogP contribution in [0.25, 0.3) is 5.69 Å². The first-order valence-corrected chi connectivity index (χ1v) is 13.8. The SMILES string of the molecule is Cc1ccc(Nc2ncc(F)c(N[C@@H]3C[C@@H]4CCCN4C(C)(C)C3)n2)cc1-n1nnnc1S(C)(=O)=O. The van der Waals surface area contributed by atoms with Gasteiger partial charge in [0.1, 0.15) is 0 Å². The Morgan fingerprint density at radius 2 is 2.06 bits per heavy atom. The van der Waals surface area contributed by atoms with Gasteiger partial charge in [0.05, 0.1) is 11.9 Å². The zero-order valence-corrected chi connectivity index (χ0v) is 21.5. The van der Waals surface area contributed by atoms with Gasteiger partial charge < -0.3 is 10.6 Å². The average molecular weight is 516 g/mol. The fourth-order valence-corrected chi connectivity index (χ4v) is 6.08. The van der Waals surface area contributed by atoms with E-state index < -0.39 is 15.7 Å². The Kier molecular flexibility index (Phi) is 6.15. The summed E-state index contributed by atoms with van der Waals surface area (Å²) in [6.07, 6.45) is 6.40. The Bertz CT molecular complexity index is 1390. The van der Waals surface area contributed by atoms with Crippen molar-refractivity contribution in [1.82, 2.24) is 35.1 Å². The van der Waals surface area contributed by atoms with Crippen molar-refractivity contribution in [2.75, 3.05) is 23.4 Å². The number of benzene rings is 1. The number of sulfone groups is 1. The first kappa shape index (κ1) is 24.5. The Morgan fingerprint density at radius 1 is 1.25 bits per heavy atom. The van der Waals surface area contributed by atoms with Gasteiger partial charge in [0.2, 0.25) is 15.8 Å². The van der Waals surface area contributed by atoms with E-state index in [0.29, 0.717) is 17.4 Å². The van der Waals surface area contributed by atoms with Crippen molar-refractivity contribution < 1.29 is 12.8 Å². The van der Waals surface area contributed by atoms with E-state index in [-0.39, 0.29) is 28.5 Å².